The highest BCUT2D eigenvalue weighted by atomic mass is 15.0. The van der Waals surface area contributed by atoms with Crippen LogP contribution in [0.4, 0.5) is 0 Å². The normalized spacial score (nSPS) is 11.0. The molecule has 2 aromatic carbocycles. The van der Waals surface area contributed by atoms with E-state index in [0.29, 0.717) is 0 Å². The van der Waals surface area contributed by atoms with Crippen LogP contribution in [0.1, 0.15) is 35.3 Å². The molecule has 0 saturated heterocycles. The summed E-state index contributed by atoms with van der Waals surface area (Å²) in [5.74, 6) is 1.97. The van der Waals surface area contributed by atoms with Crippen molar-refractivity contribution in [3.8, 4) is 0 Å². The minimum Gasteiger partial charge on any atom is -0.335 e. The van der Waals surface area contributed by atoms with E-state index in [2.05, 4.69) is 76.9 Å². The van der Waals surface area contributed by atoms with Crippen LogP contribution in [-0.2, 0) is 13.6 Å². The lowest BCUT2D eigenvalue weighted by Crippen LogP contribution is -1.94. The molecular formula is C26H28N4. The maximum absolute atomic E-state index is 4.28. The summed E-state index contributed by atoms with van der Waals surface area (Å²) in [6.07, 6.45) is 15.8. The van der Waals surface area contributed by atoms with Crippen LogP contribution < -0.4 is 0 Å². The first kappa shape index (κ1) is 21.1. The monoisotopic (exact) mass is 396 g/mol. The van der Waals surface area contributed by atoms with Crippen molar-refractivity contribution in [2.45, 2.75) is 20.4 Å². The minimum atomic E-state index is 0.953. The van der Waals surface area contributed by atoms with Gasteiger partial charge in [-0.3, -0.25) is 0 Å². The van der Waals surface area contributed by atoms with Gasteiger partial charge in [-0.2, -0.15) is 0 Å². The number of aromatic nitrogens is 4. The Morgan fingerprint density at radius 2 is 1.33 bits per heavy atom. The van der Waals surface area contributed by atoms with Crippen molar-refractivity contribution in [1.82, 2.24) is 19.1 Å². The van der Waals surface area contributed by atoms with Crippen LogP contribution in [0.25, 0.3) is 24.3 Å². The number of rotatable bonds is 5. The Labute approximate surface area is 178 Å². The predicted octanol–water partition coefficient (Wildman–Crippen LogP) is 5.97. The van der Waals surface area contributed by atoms with E-state index in [4.69, 9.17) is 0 Å². The molecule has 0 aliphatic rings. The topological polar surface area (TPSA) is 35.6 Å². The molecule has 0 bridgehead atoms. The molecular weight excluding hydrogens is 368 g/mol. The van der Waals surface area contributed by atoms with E-state index in [1.54, 1.807) is 6.20 Å². The summed E-state index contributed by atoms with van der Waals surface area (Å²) in [6, 6.07) is 18.7. The summed E-state index contributed by atoms with van der Waals surface area (Å²) >= 11 is 0. The van der Waals surface area contributed by atoms with Crippen molar-refractivity contribution in [3.05, 3.63) is 108 Å². The second-order valence-electron chi connectivity index (χ2n) is 6.96. The first-order valence-corrected chi connectivity index (χ1v) is 10.1. The molecule has 0 unspecified atom stereocenters. The second kappa shape index (κ2) is 10.8. The first-order valence-electron chi connectivity index (χ1n) is 10.1. The molecule has 0 aliphatic carbocycles. The van der Waals surface area contributed by atoms with E-state index in [1.165, 1.54) is 16.7 Å². The van der Waals surface area contributed by atoms with Crippen LogP contribution in [0.15, 0.2) is 79.4 Å². The maximum atomic E-state index is 4.28. The van der Waals surface area contributed by atoms with E-state index >= 15 is 0 Å². The molecule has 4 rings (SSSR count). The molecule has 4 aromatic rings. The third kappa shape index (κ3) is 6.17. The number of nitrogens with zero attached hydrogens (tertiary/aromatic N) is 4. The van der Waals surface area contributed by atoms with Gasteiger partial charge in [-0.15, -0.1) is 0 Å². The number of hydrogen-bond acceptors (Lipinski definition) is 2. The number of hydrogen-bond donors (Lipinski definition) is 0. The van der Waals surface area contributed by atoms with Gasteiger partial charge >= 0.3 is 0 Å². The molecule has 0 amide bonds. The van der Waals surface area contributed by atoms with Crippen LogP contribution in [0.3, 0.4) is 0 Å². The lowest BCUT2D eigenvalue weighted by atomic mass is 10.1. The SMILES string of the molecule is CCn1ccnc1C=Cc1ccccc1.Cc1ccc(C=Cc2nccn2C)cc1. The van der Waals surface area contributed by atoms with E-state index in [0.717, 1.165) is 18.2 Å². The van der Waals surface area contributed by atoms with Crippen LogP contribution >= 0.6 is 0 Å². The Morgan fingerprint density at radius 3 is 1.97 bits per heavy atom. The van der Waals surface area contributed by atoms with Crippen molar-refractivity contribution in [3.63, 3.8) is 0 Å². The summed E-state index contributed by atoms with van der Waals surface area (Å²) < 4.78 is 4.10. The molecule has 0 aliphatic heterocycles. The molecule has 30 heavy (non-hydrogen) atoms. The predicted molar refractivity (Wildman–Crippen MR) is 127 cm³/mol. The smallest absolute Gasteiger partial charge is 0.132 e. The third-order valence-electron chi connectivity index (χ3n) is 4.67. The average Bonchev–Trinajstić information content (AvgIpc) is 3.41. The van der Waals surface area contributed by atoms with E-state index in [9.17, 15) is 0 Å². The lowest BCUT2D eigenvalue weighted by Gasteiger charge is -1.98. The van der Waals surface area contributed by atoms with Gasteiger partial charge in [-0.1, -0.05) is 72.3 Å². The molecule has 2 aromatic heterocycles. The fourth-order valence-electron chi connectivity index (χ4n) is 2.87. The summed E-state index contributed by atoms with van der Waals surface area (Å²) in [5.41, 5.74) is 3.68. The average molecular weight is 397 g/mol. The van der Waals surface area contributed by atoms with Gasteiger partial charge in [0.2, 0.25) is 0 Å². The zero-order valence-corrected chi connectivity index (χ0v) is 17.8. The van der Waals surface area contributed by atoms with Gasteiger partial charge in [0.05, 0.1) is 0 Å². The molecule has 4 nitrogen and oxygen atoms in total. The van der Waals surface area contributed by atoms with E-state index in [1.807, 2.05) is 60.6 Å². The van der Waals surface area contributed by atoms with Crippen molar-refractivity contribution in [2.75, 3.05) is 0 Å². The van der Waals surface area contributed by atoms with Crippen LogP contribution in [0.2, 0.25) is 0 Å². The quantitative estimate of drug-likeness (QED) is 0.416. The fraction of sp³-hybridized carbons (Fsp3) is 0.154. The van der Waals surface area contributed by atoms with Crippen LogP contribution in [-0.4, -0.2) is 19.1 Å². The molecule has 2 heterocycles. The van der Waals surface area contributed by atoms with Gasteiger partial charge in [0.1, 0.15) is 11.6 Å². The van der Waals surface area contributed by atoms with Gasteiger partial charge < -0.3 is 9.13 Å². The van der Waals surface area contributed by atoms with Gasteiger partial charge in [0.25, 0.3) is 0 Å². The van der Waals surface area contributed by atoms with Crippen molar-refractivity contribution in [1.29, 1.82) is 0 Å². The van der Waals surface area contributed by atoms with E-state index < -0.39 is 0 Å². The molecule has 4 heteroatoms. The Bertz CT molecular complexity index is 1080. The molecule has 0 spiro atoms. The molecule has 0 radical (unpaired) electrons. The second-order valence-corrected chi connectivity index (χ2v) is 6.96. The third-order valence-corrected chi connectivity index (χ3v) is 4.67. The Hall–Kier alpha value is -3.66. The standard InChI is InChI=1S/2C13H14N2/c1-11-3-5-12(6-4-11)7-8-13-14-9-10-15(13)2;1-2-15-11-10-14-13(15)9-8-12-6-4-3-5-7-12/h3-10H,1-2H3;3-11H,2H2,1H3. The Balaban J connectivity index is 0.000000171. The highest BCUT2D eigenvalue weighted by Gasteiger charge is 1.95. The van der Waals surface area contributed by atoms with Crippen LogP contribution in [0, 0.1) is 6.92 Å². The summed E-state index contributed by atoms with van der Waals surface area (Å²) in [5, 5.41) is 0. The van der Waals surface area contributed by atoms with Gasteiger partial charge in [-0.25, -0.2) is 9.97 Å². The number of imidazole rings is 2. The summed E-state index contributed by atoms with van der Waals surface area (Å²) in [7, 11) is 1.99. The Kier molecular flexibility index (Phi) is 7.56. The molecule has 0 N–H and O–H groups in total. The summed E-state index contributed by atoms with van der Waals surface area (Å²) in [4.78, 5) is 8.50. The number of aryl methyl sites for hydroxylation is 3. The largest absolute Gasteiger partial charge is 0.335 e. The van der Waals surface area contributed by atoms with Gasteiger partial charge in [-0.05, 0) is 37.1 Å². The summed E-state index contributed by atoms with van der Waals surface area (Å²) in [6.45, 7) is 5.16. The molecule has 152 valence electrons. The van der Waals surface area contributed by atoms with Crippen LogP contribution in [0.5, 0.6) is 0 Å². The first-order chi connectivity index (χ1) is 14.7. The van der Waals surface area contributed by atoms with E-state index in [-0.39, 0.29) is 0 Å². The van der Waals surface area contributed by atoms with Crippen molar-refractivity contribution in [2.24, 2.45) is 7.05 Å². The fourth-order valence-corrected chi connectivity index (χ4v) is 2.87. The highest BCUT2D eigenvalue weighted by Crippen LogP contribution is 2.08. The molecule has 0 fully saturated rings. The van der Waals surface area contributed by atoms with Gasteiger partial charge in [0.15, 0.2) is 0 Å². The van der Waals surface area contributed by atoms with Crippen molar-refractivity contribution < 1.29 is 0 Å². The van der Waals surface area contributed by atoms with Gasteiger partial charge in [0, 0.05) is 38.4 Å². The Morgan fingerprint density at radius 1 is 0.733 bits per heavy atom. The maximum Gasteiger partial charge on any atom is 0.132 e. The zero-order valence-electron chi connectivity index (χ0n) is 17.8. The highest BCUT2D eigenvalue weighted by molar-refractivity contribution is 5.67. The molecule has 0 atom stereocenters. The zero-order chi connectivity index (χ0) is 21.2. The lowest BCUT2D eigenvalue weighted by molar-refractivity contribution is 0.753. The van der Waals surface area contributed by atoms with Crippen molar-refractivity contribution >= 4 is 24.3 Å². The molecule has 0 saturated carbocycles. The minimum absolute atomic E-state index is 0.953. The number of benzene rings is 2.